The van der Waals surface area contributed by atoms with Crippen LogP contribution in [-0.4, -0.2) is 34.8 Å². The molecule has 1 aromatic rings. The highest BCUT2D eigenvalue weighted by Gasteiger charge is 2.32. The molecule has 2 heterocycles. The van der Waals surface area contributed by atoms with Gasteiger partial charge in [-0.2, -0.15) is 0 Å². The maximum absolute atomic E-state index is 11.9. The van der Waals surface area contributed by atoms with Gasteiger partial charge in [0.1, 0.15) is 0 Å². The highest BCUT2D eigenvalue weighted by atomic mass is 16.5. The average Bonchev–Trinajstić information content (AvgIpc) is 2.36. The molecule has 1 aromatic heterocycles. The minimum absolute atomic E-state index is 0.133. The predicted octanol–water partition coefficient (Wildman–Crippen LogP) is -0.300. The SMILES string of the molecule is Cn1ccnc(NC2(CN)CCOCC2)c1=O. The monoisotopic (exact) mass is 238 g/mol. The van der Waals surface area contributed by atoms with Gasteiger partial charge in [-0.05, 0) is 12.8 Å². The van der Waals surface area contributed by atoms with E-state index in [1.165, 1.54) is 4.57 Å². The van der Waals surface area contributed by atoms with E-state index in [0.29, 0.717) is 25.6 Å². The number of hydrogen-bond donors (Lipinski definition) is 2. The number of nitrogens with two attached hydrogens (primary N) is 1. The Labute approximate surface area is 99.8 Å². The van der Waals surface area contributed by atoms with E-state index >= 15 is 0 Å². The number of hydrogen-bond acceptors (Lipinski definition) is 5. The minimum atomic E-state index is -0.265. The van der Waals surface area contributed by atoms with E-state index in [1.807, 2.05) is 0 Å². The summed E-state index contributed by atoms with van der Waals surface area (Å²) < 4.78 is 6.82. The molecule has 0 saturated carbocycles. The van der Waals surface area contributed by atoms with Crippen LogP contribution in [0.1, 0.15) is 12.8 Å². The zero-order valence-corrected chi connectivity index (χ0v) is 9.98. The molecule has 1 aliphatic heterocycles. The van der Waals surface area contributed by atoms with Gasteiger partial charge in [0, 0.05) is 39.2 Å². The molecule has 0 spiro atoms. The van der Waals surface area contributed by atoms with Crippen LogP contribution in [0.15, 0.2) is 17.2 Å². The molecule has 0 radical (unpaired) electrons. The van der Waals surface area contributed by atoms with Crippen LogP contribution in [0.25, 0.3) is 0 Å². The quantitative estimate of drug-likeness (QED) is 0.755. The molecule has 6 heteroatoms. The largest absolute Gasteiger partial charge is 0.381 e. The average molecular weight is 238 g/mol. The molecule has 3 N–H and O–H groups in total. The summed E-state index contributed by atoms with van der Waals surface area (Å²) in [6.45, 7) is 1.80. The fourth-order valence-electron chi connectivity index (χ4n) is 1.98. The number of anilines is 1. The smallest absolute Gasteiger partial charge is 0.293 e. The van der Waals surface area contributed by atoms with Crippen LogP contribution in [0.2, 0.25) is 0 Å². The molecular formula is C11H18N4O2. The maximum Gasteiger partial charge on any atom is 0.293 e. The Morgan fingerprint density at radius 2 is 2.29 bits per heavy atom. The van der Waals surface area contributed by atoms with Gasteiger partial charge < -0.3 is 20.4 Å². The van der Waals surface area contributed by atoms with Crippen LogP contribution in [0.5, 0.6) is 0 Å². The van der Waals surface area contributed by atoms with Crippen LogP contribution in [0, 0.1) is 0 Å². The van der Waals surface area contributed by atoms with E-state index in [4.69, 9.17) is 10.5 Å². The van der Waals surface area contributed by atoms with Gasteiger partial charge in [0.25, 0.3) is 5.56 Å². The van der Waals surface area contributed by atoms with Gasteiger partial charge in [-0.3, -0.25) is 4.79 Å². The van der Waals surface area contributed by atoms with Crippen molar-refractivity contribution >= 4 is 5.82 Å². The number of aromatic nitrogens is 2. The van der Waals surface area contributed by atoms with Gasteiger partial charge >= 0.3 is 0 Å². The van der Waals surface area contributed by atoms with Gasteiger partial charge in [0.05, 0.1) is 5.54 Å². The first-order valence-electron chi connectivity index (χ1n) is 5.74. The third kappa shape index (κ3) is 2.48. The van der Waals surface area contributed by atoms with Gasteiger partial charge in [-0.1, -0.05) is 0 Å². The van der Waals surface area contributed by atoms with Crippen molar-refractivity contribution in [3.63, 3.8) is 0 Å². The van der Waals surface area contributed by atoms with Crippen molar-refractivity contribution in [3.05, 3.63) is 22.7 Å². The van der Waals surface area contributed by atoms with E-state index in [0.717, 1.165) is 12.8 Å². The van der Waals surface area contributed by atoms with Gasteiger partial charge in [-0.25, -0.2) is 4.98 Å². The third-order valence-electron chi connectivity index (χ3n) is 3.24. The summed E-state index contributed by atoms with van der Waals surface area (Å²) in [7, 11) is 1.70. The van der Waals surface area contributed by atoms with E-state index in [1.54, 1.807) is 19.4 Å². The molecule has 94 valence electrons. The summed E-state index contributed by atoms with van der Waals surface area (Å²) in [6.07, 6.45) is 4.83. The zero-order valence-electron chi connectivity index (χ0n) is 9.98. The lowest BCUT2D eigenvalue weighted by Crippen LogP contribution is -2.51. The Bertz CT molecular complexity index is 437. The zero-order chi connectivity index (χ0) is 12.3. The van der Waals surface area contributed by atoms with Crippen LogP contribution >= 0.6 is 0 Å². The molecule has 0 aliphatic carbocycles. The summed E-state index contributed by atoms with van der Waals surface area (Å²) in [5.41, 5.74) is 5.42. The Morgan fingerprint density at radius 3 is 2.94 bits per heavy atom. The summed E-state index contributed by atoms with van der Waals surface area (Å²) >= 11 is 0. The molecule has 0 bridgehead atoms. The normalized spacial score (nSPS) is 18.9. The van der Waals surface area contributed by atoms with Crippen molar-refractivity contribution < 1.29 is 4.74 Å². The van der Waals surface area contributed by atoms with Crippen molar-refractivity contribution in [2.24, 2.45) is 12.8 Å². The molecule has 1 aliphatic rings. The Kier molecular flexibility index (Phi) is 3.44. The molecule has 0 amide bonds. The minimum Gasteiger partial charge on any atom is -0.381 e. The highest BCUT2D eigenvalue weighted by Crippen LogP contribution is 2.22. The number of nitrogens with one attached hydrogen (secondary N) is 1. The fourth-order valence-corrected chi connectivity index (χ4v) is 1.98. The first-order chi connectivity index (χ1) is 8.17. The lowest BCUT2D eigenvalue weighted by atomic mass is 9.90. The Hall–Kier alpha value is -1.40. The molecule has 0 unspecified atom stereocenters. The first kappa shape index (κ1) is 12.1. The van der Waals surface area contributed by atoms with Crippen LogP contribution in [-0.2, 0) is 11.8 Å². The molecule has 1 saturated heterocycles. The number of ether oxygens (including phenoxy) is 1. The Morgan fingerprint density at radius 1 is 1.59 bits per heavy atom. The van der Waals surface area contributed by atoms with Crippen molar-refractivity contribution in [1.82, 2.24) is 9.55 Å². The van der Waals surface area contributed by atoms with Crippen molar-refractivity contribution in [2.75, 3.05) is 25.1 Å². The lowest BCUT2D eigenvalue weighted by Gasteiger charge is -2.37. The maximum atomic E-state index is 11.9. The first-order valence-corrected chi connectivity index (χ1v) is 5.74. The summed E-state index contributed by atoms with van der Waals surface area (Å²) in [4.78, 5) is 16.0. The molecule has 0 atom stereocenters. The second-order valence-electron chi connectivity index (χ2n) is 4.41. The predicted molar refractivity (Wildman–Crippen MR) is 64.9 cm³/mol. The van der Waals surface area contributed by atoms with Gasteiger partial charge in [0.2, 0.25) is 0 Å². The molecule has 0 aromatic carbocycles. The summed E-state index contributed by atoms with van der Waals surface area (Å²) in [6, 6.07) is 0. The molecule has 6 nitrogen and oxygen atoms in total. The Balaban J connectivity index is 2.23. The second-order valence-corrected chi connectivity index (χ2v) is 4.41. The number of rotatable bonds is 3. The van der Waals surface area contributed by atoms with Crippen LogP contribution in [0.3, 0.4) is 0 Å². The van der Waals surface area contributed by atoms with Crippen LogP contribution in [0.4, 0.5) is 5.82 Å². The standard InChI is InChI=1S/C11H18N4O2/c1-15-5-4-13-9(10(15)16)14-11(8-12)2-6-17-7-3-11/h4-5H,2-3,6-8,12H2,1H3,(H,13,14). The second kappa shape index (κ2) is 4.85. The summed E-state index contributed by atoms with van der Waals surface area (Å²) in [5, 5.41) is 3.20. The van der Waals surface area contributed by atoms with Crippen molar-refractivity contribution in [1.29, 1.82) is 0 Å². The van der Waals surface area contributed by atoms with Crippen molar-refractivity contribution in [3.8, 4) is 0 Å². The van der Waals surface area contributed by atoms with Gasteiger partial charge in [-0.15, -0.1) is 0 Å². The lowest BCUT2D eigenvalue weighted by molar-refractivity contribution is 0.0626. The van der Waals surface area contributed by atoms with Crippen molar-refractivity contribution in [2.45, 2.75) is 18.4 Å². The van der Waals surface area contributed by atoms with Gasteiger partial charge in [0.15, 0.2) is 5.82 Å². The molecule has 2 rings (SSSR count). The number of nitrogens with zero attached hydrogens (tertiary/aromatic N) is 2. The molecule has 1 fully saturated rings. The van der Waals surface area contributed by atoms with E-state index in [2.05, 4.69) is 10.3 Å². The molecule has 17 heavy (non-hydrogen) atoms. The van der Waals surface area contributed by atoms with E-state index in [9.17, 15) is 4.79 Å². The summed E-state index contributed by atoms with van der Waals surface area (Å²) in [5.74, 6) is 0.363. The number of aryl methyl sites for hydroxylation is 1. The van der Waals surface area contributed by atoms with E-state index < -0.39 is 0 Å². The topological polar surface area (TPSA) is 82.2 Å². The third-order valence-corrected chi connectivity index (χ3v) is 3.24. The van der Waals surface area contributed by atoms with Crippen LogP contribution < -0.4 is 16.6 Å². The fraction of sp³-hybridized carbons (Fsp3) is 0.636. The van der Waals surface area contributed by atoms with E-state index in [-0.39, 0.29) is 11.1 Å². The highest BCUT2D eigenvalue weighted by molar-refractivity contribution is 5.35. The molecular weight excluding hydrogens is 220 g/mol.